The van der Waals surface area contributed by atoms with Gasteiger partial charge in [-0.1, -0.05) is 30.3 Å². The lowest BCUT2D eigenvalue weighted by atomic mass is 10.0. The maximum absolute atomic E-state index is 13.4. The molecule has 1 aromatic heterocycles. The fourth-order valence-electron chi connectivity index (χ4n) is 4.73. The molecular weight excluding hydrogens is 538 g/mol. The lowest BCUT2D eigenvalue weighted by molar-refractivity contribution is -0.145. The van der Waals surface area contributed by atoms with Crippen molar-refractivity contribution in [1.82, 2.24) is 20.5 Å². The molecule has 3 amide bonds. The van der Waals surface area contributed by atoms with Crippen LogP contribution < -0.4 is 22.1 Å². The number of thioether (sulfide) groups is 1. The zero-order valence-corrected chi connectivity index (χ0v) is 23.1. The molecule has 0 aliphatic carbocycles. The quantitative estimate of drug-likeness (QED) is 0.127. The van der Waals surface area contributed by atoms with Crippen LogP contribution in [-0.4, -0.2) is 75.1 Å². The molecule has 3 heterocycles. The highest BCUT2D eigenvalue weighted by atomic mass is 32.2. The van der Waals surface area contributed by atoms with Gasteiger partial charge in [0.25, 0.3) is 0 Å². The van der Waals surface area contributed by atoms with Crippen molar-refractivity contribution in [2.24, 2.45) is 16.5 Å². The maximum Gasteiger partial charge on any atom is 0.246 e. The molecule has 11 nitrogen and oxygen atoms in total. The average Bonchev–Trinajstić information content (AvgIpc) is 3.62. The highest BCUT2D eigenvalue weighted by Gasteiger charge is 2.47. The maximum atomic E-state index is 13.4. The fourth-order valence-corrected chi connectivity index (χ4v) is 6.79. The van der Waals surface area contributed by atoms with E-state index in [9.17, 15) is 19.2 Å². The third-order valence-electron chi connectivity index (χ3n) is 6.69. The molecule has 2 aromatic rings. The van der Waals surface area contributed by atoms with Crippen molar-refractivity contribution in [1.29, 1.82) is 0 Å². The number of nitrogens with two attached hydrogens (primary N) is 2. The summed E-state index contributed by atoms with van der Waals surface area (Å²) in [5.41, 5.74) is 11.8. The van der Waals surface area contributed by atoms with Gasteiger partial charge in [-0.3, -0.25) is 24.2 Å². The molecule has 0 saturated carbocycles. The first-order valence-corrected chi connectivity index (χ1v) is 14.8. The number of carbonyl (C=O) groups is 4. The number of hydrogen-bond donors (Lipinski definition) is 4. The Labute approximate surface area is 235 Å². The Morgan fingerprint density at radius 3 is 2.69 bits per heavy atom. The van der Waals surface area contributed by atoms with Crippen LogP contribution in [0.5, 0.6) is 0 Å². The van der Waals surface area contributed by atoms with Crippen LogP contribution >= 0.6 is 23.1 Å². The van der Waals surface area contributed by atoms with Crippen molar-refractivity contribution in [3.63, 3.8) is 0 Å². The SMILES string of the molecule is NC(N)=NCCCC(NC(=O)C1CSC2CCC(NC(=O)CCc3ccccc3)C(=O)N21)C(=O)c1nccs1. The van der Waals surface area contributed by atoms with Gasteiger partial charge in [0.05, 0.1) is 11.4 Å². The molecule has 2 saturated heterocycles. The predicted octanol–water partition coefficient (Wildman–Crippen LogP) is 1.05. The van der Waals surface area contributed by atoms with E-state index >= 15 is 0 Å². The molecule has 2 fully saturated rings. The number of rotatable bonds is 12. The molecule has 4 atom stereocenters. The molecule has 0 radical (unpaired) electrons. The molecule has 4 rings (SSSR count). The van der Waals surface area contributed by atoms with E-state index in [-0.39, 0.29) is 35.4 Å². The lowest BCUT2D eigenvalue weighted by Gasteiger charge is -2.37. The summed E-state index contributed by atoms with van der Waals surface area (Å²) in [6.45, 7) is 0.317. The number of thiazole rings is 1. The van der Waals surface area contributed by atoms with Crippen LogP contribution in [0.1, 0.15) is 47.5 Å². The molecule has 4 unspecified atom stereocenters. The van der Waals surface area contributed by atoms with Crippen molar-refractivity contribution in [2.45, 2.75) is 62.0 Å². The van der Waals surface area contributed by atoms with E-state index in [0.29, 0.717) is 49.4 Å². The van der Waals surface area contributed by atoms with Gasteiger partial charge < -0.3 is 27.0 Å². The molecule has 0 spiro atoms. The first-order chi connectivity index (χ1) is 18.8. The second kappa shape index (κ2) is 13.6. The number of fused-ring (bicyclic) bond motifs is 1. The molecule has 39 heavy (non-hydrogen) atoms. The summed E-state index contributed by atoms with van der Waals surface area (Å²) in [4.78, 5) is 62.1. The number of hydrogen-bond acceptors (Lipinski definition) is 8. The van der Waals surface area contributed by atoms with E-state index in [2.05, 4.69) is 20.6 Å². The summed E-state index contributed by atoms with van der Waals surface area (Å²) in [5.74, 6) is -0.771. The average molecular weight is 572 g/mol. The van der Waals surface area contributed by atoms with Crippen molar-refractivity contribution in [3.05, 3.63) is 52.5 Å². The number of Topliss-reactive ketones (excluding diaryl/α,β-unsaturated/α-hetero) is 1. The number of piperidine rings is 1. The van der Waals surface area contributed by atoms with Crippen LogP contribution in [0, 0.1) is 0 Å². The van der Waals surface area contributed by atoms with Crippen LogP contribution in [-0.2, 0) is 20.8 Å². The lowest BCUT2D eigenvalue weighted by Crippen LogP contribution is -2.60. The van der Waals surface area contributed by atoms with E-state index < -0.39 is 24.0 Å². The van der Waals surface area contributed by atoms with Gasteiger partial charge in [-0.2, -0.15) is 0 Å². The van der Waals surface area contributed by atoms with Gasteiger partial charge in [-0.25, -0.2) is 4.98 Å². The Morgan fingerprint density at radius 2 is 1.97 bits per heavy atom. The van der Waals surface area contributed by atoms with E-state index in [4.69, 9.17) is 11.5 Å². The number of benzene rings is 1. The Balaban J connectivity index is 1.37. The Kier molecular flexibility index (Phi) is 9.93. The Bertz CT molecular complexity index is 1190. The molecule has 13 heteroatoms. The normalized spacial score (nSPS) is 21.1. The second-order valence-corrected chi connectivity index (χ2v) is 11.5. The predicted molar refractivity (Wildman–Crippen MR) is 151 cm³/mol. The van der Waals surface area contributed by atoms with Crippen LogP contribution in [0.4, 0.5) is 0 Å². The van der Waals surface area contributed by atoms with Crippen LogP contribution in [0.15, 0.2) is 46.9 Å². The zero-order valence-electron chi connectivity index (χ0n) is 21.5. The first-order valence-electron chi connectivity index (χ1n) is 12.9. The minimum absolute atomic E-state index is 0.0406. The summed E-state index contributed by atoms with van der Waals surface area (Å²) in [5, 5.41) is 7.58. The van der Waals surface area contributed by atoms with Crippen molar-refractivity contribution in [3.8, 4) is 0 Å². The number of amides is 3. The smallest absolute Gasteiger partial charge is 0.246 e. The number of guanidine groups is 1. The minimum Gasteiger partial charge on any atom is -0.370 e. The number of aryl methyl sites for hydroxylation is 1. The molecule has 1 aromatic carbocycles. The number of carbonyl (C=O) groups excluding carboxylic acids is 4. The molecule has 6 N–H and O–H groups in total. The van der Waals surface area contributed by atoms with E-state index in [1.807, 2.05) is 30.3 Å². The molecule has 2 aliphatic rings. The van der Waals surface area contributed by atoms with Gasteiger partial charge >= 0.3 is 0 Å². The summed E-state index contributed by atoms with van der Waals surface area (Å²) < 4.78 is 0. The van der Waals surface area contributed by atoms with Gasteiger partial charge in [0, 0.05) is 30.3 Å². The number of aromatic nitrogens is 1. The van der Waals surface area contributed by atoms with Gasteiger partial charge in [-0.15, -0.1) is 23.1 Å². The van der Waals surface area contributed by atoms with Gasteiger partial charge in [-0.05, 0) is 37.7 Å². The first kappa shape index (κ1) is 28.6. The zero-order chi connectivity index (χ0) is 27.8. The van der Waals surface area contributed by atoms with Crippen LogP contribution in [0.25, 0.3) is 0 Å². The number of nitrogens with one attached hydrogen (secondary N) is 2. The molecular formula is C26H33N7O4S2. The monoisotopic (exact) mass is 571 g/mol. The van der Waals surface area contributed by atoms with E-state index in [1.165, 1.54) is 17.5 Å². The minimum atomic E-state index is -0.824. The van der Waals surface area contributed by atoms with Crippen LogP contribution in [0.3, 0.4) is 0 Å². The Hall–Kier alpha value is -3.45. The third-order valence-corrected chi connectivity index (χ3v) is 8.83. The third kappa shape index (κ3) is 7.57. The Morgan fingerprint density at radius 1 is 1.18 bits per heavy atom. The van der Waals surface area contributed by atoms with Crippen molar-refractivity contribution >= 4 is 52.6 Å². The van der Waals surface area contributed by atoms with Crippen molar-refractivity contribution < 1.29 is 19.2 Å². The standard InChI is InChI=1S/C26H33N7O4S2/c27-26(28)30-12-4-7-17(22(35)24-29-13-14-38-24)32-23(36)19-15-39-21-11-9-18(25(37)33(19)21)31-20(34)10-8-16-5-2-1-3-6-16/h1-3,5-6,13-14,17-19,21H,4,7-12,15H2,(H,31,34)(H,32,36)(H4,27,28,30). The largest absolute Gasteiger partial charge is 0.370 e. The van der Waals surface area contributed by atoms with Crippen LogP contribution in [0.2, 0.25) is 0 Å². The van der Waals surface area contributed by atoms with Crippen molar-refractivity contribution in [2.75, 3.05) is 12.3 Å². The summed E-state index contributed by atoms with van der Waals surface area (Å²) in [7, 11) is 0. The topological polar surface area (TPSA) is 173 Å². The number of ketones is 1. The highest BCUT2D eigenvalue weighted by Crippen LogP contribution is 2.36. The molecule has 208 valence electrons. The fraction of sp³-hybridized carbons (Fsp3) is 0.462. The second-order valence-electron chi connectivity index (χ2n) is 9.44. The summed E-state index contributed by atoms with van der Waals surface area (Å²) >= 11 is 2.75. The molecule has 2 aliphatic heterocycles. The molecule has 0 bridgehead atoms. The number of aliphatic imine (C=N–C) groups is 1. The van der Waals surface area contributed by atoms with E-state index in [0.717, 1.165) is 5.56 Å². The number of nitrogens with zero attached hydrogens (tertiary/aromatic N) is 3. The van der Waals surface area contributed by atoms with Gasteiger partial charge in [0.2, 0.25) is 23.5 Å². The van der Waals surface area contributed by atoms with E-state index in [1.54, 1.807) is 22.0 Å². The summed E-state index contributed by atoms with van der Waals surface area (Å²) in [6, 6.07) is 7.46. The highest BCUT2D eigenvalue weighted by molar-refractivity contribution is 8.00. The van der Waals surface area contributed by atoms with Gasteiger partial charge in [0.15, 0.2) is 11.0 Å². The summed E-state index contributed by atoms with van der Waals surface area (Å²) in [6.07, 6.45) is 4.38. The van der Waals surface area contributed by atoms with Gasteiger partial charge in [0.1, 0.15) is 12.1 Å².